The second kappa shape index (κ2) is 5.15. The molecule has 1 N–H and O–H groups in total. The van der Waals surface area contributed by atoms with Crippen LogP contribution in [0.5, 0.6) is 0 Å². The molecule has 0 aliphatic carbocycles. The third-order valence-corrected chi connectivity index (χ3v) is 2.13. The fourth-order valence-corrected chi connectivity index (χ4v) is 1.72. The molecule has 0 rings (SSSR count). The van der Waals surface area contributed by atoms with Crippen molar-refractivity contribution in [1.29, 1.82) is 0 Å². The van der Waals surface area contributed by atoms with Gasteiger partial charge in [-0.3, -0.25) is 4.52 Å². The van der Waals surface area contributed by atoms with Gasteiger partial charge < -0.3 is 4.89 Å². The Bertz CT molecular complexity index is 145. The molecule has 0 aliphatic rings. The fraction of sp³-hybridized carbons (Fsp3) is 1.00. The molecule has 2 unspecified atom stereocenters. The van der Waals surface area contributed by atoms with Crippen LogP contribution in [0, 0.1) is 0 Å². The lowest BCUT2D eigenvalue weighted by Crippen LogP contribution is -2.03. The molecule has 68 valence electrons. The SMILES string of the molecule is CCCCC(C)OP(=O)(O)Cl. The van der Waals surface area contributed by atoms with E-state index in [1.54, 1.807) is 6.92 Å². The topological polar surface area (TPSA) is 46.5 Å². The molecule has 0 saturated heterocycles. The molecule has 0 radical (unpaired) electrons. The Morgan fingerprint density at radius 1 is 1.73 bits per heavy atom. The minimum Gasteiger partial charge on any atom is -0.313 e. The first kappa shape index (κ1) is 11.4. The van der Waals surface area contributed by atoms with Crippen molar-refractivity contribution in [2.75, 3.05) is 0 Å². The van der Waals surface area contributed by atoms with Gasteiger partial charge in [0.2, 0.25) is 0 Å². The molecular formula is C6H14ClO3P. The lowest BCUT2D eigenvalue weighted by atomic mass is 10.2. The van der Waals surface area contributed by atoms with Gasteiger partial charge in [0.1, 0.15) is 0 Å². The Balaban J connectivity index is 3.52. The van der Waals surface area contributed by atoms with Crippen LogP contribution in [0.25, 0.3) is 0 Å². The molecule has 0 spiro atoms. The highest BCUT2D eigenvalue weighted by Crippen LogP contribution is 2.49. The summed E-state index contributed by atoms with van der Waals surface area (Å²) in [5.74, 6) is 0. The number of hydrogen-bond acceptors (Lipinski definition) is 2. The molecule has 11 heavy (non-hydrogen) atoms. The summed E-state index contributed by atoms with van der Waals surface area (Å²) in [6.07, 6.45) is 2.57. The molecule has 3 nitrogen and oxygen atoms in total. The van der Waals surface area contributed by atoms with Gasteiger partial charge in [0.25, 0.3) is 0 Å². The standard InChI is InChI=1S/C6H14ClO3P/c1-3-4-5-6(2)10-11(7,8)9/h6H,3-5H2,1-2H3,(H,8,9). The van der Waals surface area contributed by atoms with E-state index in [9.17, 15) is 4.57 Å². The zero-order chi connectivity index (χ0) is 8.91. The summed E-state index contributed by atoms with van der Waals surface area (Å²) in [5, 5.41) is 0. The van der Waals surface area contributed by atoms with Crippen LogP contribution in [-0.4, -0.2) is 11.0 Å². The number of unbranched alkanes of at least 4 members (excludes halogenated alkanes) is 1. The Kier molecular flexibility index (Phi) is 5.36. The van der Waals surface area contributed by atoms with E-state index in [-0.39, 0.29) is 6.10 Å². The number of rotatable bonds is 5. The lowest BCUT2D eigenvalue weighted by Gasteiger charge is -2.11. The largest absolute Gasteiger partial charge is 0.421 e. The molecule has 0 fully saturated rings. The highest BCUT2D eigenvalue weighted by Gasteiger charge is 2.17. The third-order valence-electron chi connectivity index (χ3n) is 1.27. The maximum absolute atomic E-state index is 10.5. The molecule has 2 atom stereocenters. The average molecular weight is 201 g/mol. The maximum atomic E-state index is 10.5. The summed E-state index contributed by atoms with van der Waals surface area (Å²) in [7, 11) is 0. The van der Waals surface area contributed by atoms with Crippen molar-refractivity contribution in [3.8, 4) is 0 Å². The first-order valence-corrected chi connectivity index (χ1v) is 6.15. The van der Waals surface area contributed by atoms with Gasteiger partial charge in [-0.25, -0.2) is 4.57 Å². The van der Waals surface area contributed by atoms with E-state index in [0.29, 0.717) is 0 Å². The maximum Gasteiger partial charge on any atom is 0.421 e. The van der Waals surface area contributed by atoms with Crippen LogP contribution in [0.3, 0.4) is 0 Å². The van der Waals surface area contributed by atoms with Gasteiger partial charge >= 0.3 is 6.95 Å². The summed E-state index contributed by atoms with van der Waals surface area (Å²) in [4.78, 5) is 8.59. The predicted octanol–water partition coefficient (Wildman–Crippen LogP) is 2.92. The lowest BCUT2D eigenvalue weighted by molar-refractivity contribution is 0.188. The van der Waals surface area contributed by atoms with Gasteiger partial charge in [-0.05, 0) is 13.3 Å². The van der Waals surface area contributed by atoms with Crippen molar-refractivity contribution in [3.63, 3.8) is 0 Å². The molecule has 0 aromatic heterocycles. The Morgan fingerprint density at radius 3 is 2.64 bits per heavy atom. The third kappa shape index (κ3) is 8.35. The molecule has 0 amide bonds. The van der Waals surface area contributed by atoms with E-state index >= 15 is 0 Å². The first-order valence-electron chi connectivity index (χ1n) is 3.66. The van der Waals surface area contributed by atoms with Crippen molar-refractivity contribution < 1.29 is 14.0 Å². The minimum atomic E-state index is -3.79. The molecule has 0 saturated carbocycles. The van der Waals surface area contributed by atoms with Crippen molar-refractivity contribution in [1.82, 2.24) is 0 Å². The van der Waals surface area contributed by atoms with Gasteiger partial charge in [-0.1, -0.05) is 19.8 Å². The molecule has 0 aliphatic heterocycles. The second-order valence-corrected chi connectivity index (χ2v) is 4.91. The van der Waals surface area contributed by atoms with E-state index in [2.05, 4.69) is 4.52 Å². The van der Waals surface area contributed by atoms with E-state index in [0.717, 1.165) is 19.3 Å². The molecule has 0 aromatic carbocycles. The van der Waals surface area contributed by atoms with Gasteiger partial charge in [-0.2, -0.15) is 0 Å². The molecule has 0 aromatic rings. The number of hydrogen-bond donors (Lipinski definition) is 1. The average Bonchev–Trinajstić information content (AvgIpc) is 1.79. The van der Waals surface area contributed by atoms with Crippen LogP contribution >= 0.6 is 18.2 Å². The monoisotopic (exact) mass is 200 g/mol. The quantitative estimate of drug-likeness (QED) is 0.694. The predicted molar refractivity (Wildman–Crippen MR) is 45.8 cm³/mol. The molecular weight excluding hydrogens is 186 g/mol. The fourth-order valence-electron chi connectivity index (χ4n) is 0.766. The highest BCUT2D eigenvalue weighted by molar-refractivity contribution is 7.80. The van der Waals surface area contributed by atoms with E-state index in [1.165, 1.54) is 0 Å². The van der Waals surface area contributed by atoms with Crippen LogP contribution in [0.15, 0.2) is 0 Å². The molecule has 5 heteroatoms. The highest BCUT2D eigenvalue weighted by atomic mass is 35.7. The smallest absolute Gasteiger partial charge is 0.313 e. The van der Waals surface area contributed by atoms with Crippen molar-refractivity contribution >= 4 is 18.2 Å². The summed E-state index contributed by atoms with van der Waals surface area (Å²) in [6, 6.07) is 0. The zero-order valence-corrected chi connectivity index (χ0v) is 8.44. The molecule has 0 heterocycles. The summed E-state index contributed by atoms with van der Waals surface area (Å²) in [6.45, 7) is -0.00522. The van der Waals surface area contributed by atoms with Gasteiger partial charge in [-0.15, -0.1) is 0 Å². The van der Waals surface area contributed by atoms with Crippen LogP contribution in [0.4, 0.5) is 0 Å². The van der Waals surface area contributed by atoms with E-state index in [1.807, 2.05) is 6.92 Å². The Morgan fingerprint density at radius 2 is 2.27 bits per heavy atom. The zero-order valence-electron chi connectivity index (χ0n) is 6.79. The van der Waals surface area contributed by atoms with Gasteiger partial charge in [0, 0.05) is 11.2 Å². The Hall–Kier alpha value is 0.440. The second-order valence-electron chi connectivity index (χ2n) is 2.51. The molecule has 0 bridgehead atoms. The van der Waals surface area contributed by atoms with Crippen LogP contribution in [0.2, 0.25) is 0 Å². The van der Waals surface area contributed by atoms with Gasteiger partial charge in [0.15, 0.2) is 0 Å². The van der Waals surface area contributed by atoms with Crippen LogP contribution in [-0.2, 0) is 9.09 Å². The Labute approximate surface area is 72.0 Å². The van der Waals surface area contributed by atoms with Crippen molar-refractivity contribution in [2.24, 2.45) is 0 Å². The van der Waals surface area contributed by atoms with Crippen LogP contribution in [0.1, 0.15) is 33.1 Å². The van der Waals surface area contributed by atoms with E-state index in [4.69, 9.17) is 16.1 Å². The minimum absolute atomic E-state index is 0.233. The summed E-state index contributed by atoms with van der Waals surface area (Å²) < 4.78 is 15.1. The first-order chi connectivity index (χ1) is 4.95. The van der Waals surface area contributed by atoms with E-state index < -0.39 is 6.95 Å². The normalized spacial score (nSPS) is 19.3. The summed E-state index contributed by atoms with van der Waals surface area (Å²) in [5.41, 5.74) is 0. The number of halogens is 1. The van der Waals surface area contributed by atoms with Crippen molar-refractivity contribution in [3.05, 3.63) is 0 Å². The van der Waals surface area contributed by atoms with Crippen molar-refractivity contribution in [2.45, 2.75) is 39.2 Å². The summed E-state index contributed by atoms with van der Waals surface area (Å²) >= 11 is 5.00. The van der Waals surface area contributed by atoms with Crippen LogP contribution < -0.4 is 0 Å². The van der Waals surface area contributed by atoms with Gasteiger partial charge in [0.05, 0.1) is 6.10 Å².